The zero-order valence-electron chi connectivity index (χ0n) is 14.4. The van der Waals surface area contributed by atoms with Gasteiger partial charge in [-0.1, -0.05) is 6.42 Å². The van der Waals surface area contributed by atoms with Crippen molar-refractivity contribution in [1.29, 1.82) is 0 Å². The number of fused-ring (bicyclic) bond motifs is 1. The van der Waals surface area contributed by atoms with Crippen molar-refractivity contribution in [2.75, 3.05) is 19.6 Å². The number of aromatic nitrogens is 3. The first-order valence-corrected chi connectivity index (χ1v) is 9.30. The van der Waals surface area contributed by atoms with Gasteiger partial charge in [-0.05, 0) is 44.9 Å². The van der Waals surface area contributed by atoms with Gasteiger partial charge in [0.1, 0.15) is 11.6 Å². The zero-order chi connectivity index (χ0) is 15.9. The van der Waals surface area contributed by atoms with E-state index in [2.05, 4.69) is 37.3 Å². The van der Waals surface area contributed by atoms with E-state index in [4.69, 9.17) is 0 Å². The molecule has 1 saturated carbocycles. The second-order valence-corrected chi connectivity index (χ2v) is 6.69. The number of guanidine groups is 1. The molecule has 0 bridgehead atoms. The predicted octanol–water partition coefficient (Wildman–Crippen LogP) is 1.90. The number of hydrogen-bond donors (Lipinski definition) is 2. The summed E-state index contributed by atoms with van der Waals surface area (Å²) in [7, 11) is 0. The minimum Gasteiger partial charge on any atom is -0.357 e. The molecule has 0 unspecified atom stereocenters. The first-order chi connectivity index (χ1) is 11.4. The molecule has 1 aromatic heterocycles. The molecule has 6 nitrogen and oxygen atoms in total. The molecule has 1 aliphatic carbocycles. The molecule has 128 valence electrons. The molecule has 2 heterocycles. The summed E-state index contributed by atoms with van der Waals surface area (Å²) in [6.45, 7) is 6.01. The summed E-state index contributed by atoms with van der Waals surface area (Å²) in [6, 6.07) is 0. The quantitative estimate of drug-likeness (QED) is 0.458. The number of nitrogens with one attached hydrogen (secondary N) is 2. The number of aryl methyl sites for hydroxylation is 2. The smallest absolute Gasteiger partial charge is 0.191 e. The molecule has 0 radical (unpaired) electrons. The lowest BCUT2D eigenvalue weighted by molar-refractivity contribution is 0.593. The van der Waals surface area contributed by atoms with Crippen LogP contribution in [0.1, 0.15) is 57.1 Å². The highest BCUT2D eigenvalue weighted by atomic mass is 15.3. The largest absolute Gasteiger partial charge is 0.357 e. The molecule has 0 atom stereocenters. The van der Waals surface area contributed by atoms with Crippen LogP contribution in [0.3, 0.4) is 0 Å². The summed E-state index contributed by atoms with van der Waals surface area (Å²) in [6.07, 6.45) is 9.66. The maximum absolute atomic E-state index is 4.65. The highest BCUT2D eigenvalue weighted by Gasteiger charge is 2.20. The fourth-order valence-electron chi connectivity index (χ4n) is 3.05. The molecular weight excluding hydrogens is 288 g/mol. The third kappa shape index (κ3) is 4.94. The number of aliphatic imine (C=N–C) groups is 1. The van der Waals surface area contributed by atoms with Gasteiger partial charge in [-0.2, -0.15) is 0 Å². The lowest BCUT2D eigenvalue weighted by Crippen LogP contribution is -2.38. The van der Waals surface area contributed by atoms with Crippen molar-refractivity contribution < 1.29 is 0 Å². The SMILES string of the molecule is CCNC(=NCC1CC1)NCCCc1nnc2n1CCCCC2. The molecule has 2 aliphatic rings. The van der Waals surface area contributed by atoms with Crippen LogP contribution in [-0.4, -0.2) is 40.4 Å². The van der Waals surface area contributed by atoms with E-state index in [1.165, 1.54) is 37.9 Å². The maximum atomic E-state index is 4.65. The Morgan fingerprint density at radius 1 is 1.22 bits per heavy atom. The monoisotopic (exact) mass is 318 g/mol. The van der Waals surface area contributed by atoms with Gasteiger partial charge in [0.25, 0.3) is 0 Å². The molecule has 0 saturated heterocycles. The minimum absolute atomic E-state index is 0.830. The van der Waals surface area contributed by atoms with Crippen molar-refractivity contribution in [1.82, 2.24) is 25.4 Å². The van der Waals surface area contributed by atoms with E-state index in [0.717, 1.165) is 63.1 Å². The molecular formula is C17H30N6. The van der Waals surface area contributed by atoms with E-state index >= 15 is 0 Å². The van der Waals surface area contributed by atoms with Gasteiger partial charge in [0.2, 0.25) is 0 Å². The minimum atomic E-state index is 0.830. The van der Waals surface area contributed by atoms with Crippen molar-refractivity contribution in [3.8, 4) is 0 Å². The third-order valence-electron chi connectivity index (χ3n) is 4.60. The molecule has 0 aromatic carbocycles. The zero-order valence-corrected chi connectivity index (χ0v) is 14.4. The van der Waals surface area contributed by atoms with Gasteiger partial charge in [0.05, 0.1) is 0 Å². The second-order valence-electron chi connectivity index (χ2n) is 6.69. The standard InChI is InChI=1S/C17H30N6/c1-2-18-17(20-13-14-9-10-14)19-11-6-8-16-22-21-15-7-4-3-5-12-23(15)16/h14H,2-13H2,1H3,(H2,18,19,20). The lowest BCUT2D eigenvalue weighted by atomic mass is 10.2. The van der Waals surface area contributed by atoms with E-state index in [1.54, 1.807) is 0 Å². The Balaban J connectivity index is 1.43. The van der Waals surface area contributed by atoms with Crippen molar-refractivity contribution in [3.63, 3.8) is 0 Å². The summed E-state index contributed by atoms with van der Waals surface area (Å²) < 4.78 is 2.35. The highest BCUT2D eigenvalue weighted by molar-refractivity contribution is 5.79. The summed E-state index contributed by atoms with van der Waals surface area (Å²) in [5.41, 5.74) is 0. The normalized spacial score (nSPS) is 18.4. The highest BCUT2D eigenvalue weighted by Crippen LogP contribution is 2.28. The molecule has 2 N–H and O–H groups in total. The van der Waals surface area contributed by atoms with Crippen LogP contribution in [0, 0.1) is 5.92 Å². The van der Waals surface area contributed by atoms with Gasteiger partial charge in [0, 0.05) is 39.0 Å². The average Bonchev–Trinajstić information content (AvgIpc) is 3.35. The van der Waals surface area contributed by atoms with Crippen LogP contribution in [0.5, 0.6) is 0 Å². The van der Waals surface area contributed by atoms with Gasteiger partial charge in [0.15, 0.2) is 5.96 Å². The predicted molar refractivity (Wildman–Crippen MR) is 92.6 cm³/mol. The van der Waals surface area contributed by atoms with Crippen LogP contribution < -0.4 is 10.6 Å². The molecule has 1 aromatic rings. The molecule has 23 heavy (non-hydrogen) atoms. The van der Waals surface area contributed by atoms with E-state index in [-0.39, 0.29) is 0 Å². The Morgan fingerprint density at radius 2 is 2.13 bits per heavy atom. The lowest BCUT2D eigenvalue weighted by Gasteiger charge is -2.11. The van der Waals surface area contributed by atoms with Gasteiger partial charge in [-0.15, -0.1) is 10.2 Å². The van der Waals surface area contributed by atoms with Crippen LogP contribution in [0.15, 0.2) is 4.99 Å². The molecule has 0 spiro atoms. The van der Waals surface area contributed by atoms with Crippen molar-refractivity contribution in [3.05, 3.63) is 11.6 Å². The molecule has 1 fully saturated rings. The Bertz CT molecular complexity index is 517. The molecule has 1 aliphatic heterocycles. The number of hydrogen-bond acceptors (Lipinski definition) is 3. The summed E-state index contributed by atoms with van der Waals surface area (Å²) in [4.78, 5) is 4.65. The third-order valence-corrected chi connectivity index (χ3v) is 4.60. The Labute approximate surface area is 139 Å². The van der Waals surface area contributed by atoms with Gasteiger partial charge < -0.3 is 15.2 Å². The van der Waals surface area contributed by atoms with Crippen LogP contribution in [0.2, 0.25) is 0 Å². The summed E-state index contributed by atoms with van der Waals surface area (Å²) >= 11 is 0. The topological polar surface area (TPSA) is 67.1 Å². The maximum Gasteiger partial charge on any atom is 0.191 e. The van der Waals surface area contributed by atoms with Crippen LogP contribution in [0.25, 0.3) is 0 Å². The van der Waals surface area contributed by atoms with Gasteiger partial charge in [-0.3, -0.25) is 4.99 Å². The first-order valence-electron chi connectivity index (χ1n) is 9.30. The van der Waals surface area contributed by atoms with E-state index in [0.29, 0.717) is 0 Å². The van der Waals surface area contributed by atoms with Crippen molar-refractivity contribution in [2.45, 2.75) is 64.8 Å². The molecule has 6 heteroatoms. The Morgan fingerprint density at radius 3 is 2.96 bits per heavy atom. The Kier molecular flexibility index (Phi) is 5.88. The van der Waals surface area contributed by atoms with Crippen LogP contribution in [-0.2, 0) is 19.4 Å². The molecule has 3 rings (SSSR count). The van der Waals surface area contributed by atoms with Crippen LogP contribution in [0.4, 0.5) is 0 Å². The second kappa shape index (κ2) is 8.31. The van der Waals surface area contributed by atoms with Gasteiger partial charge in [-0.25, -0.2) is 0 Å². The van der Waals surface area contributed by atoms with Crippen molar-refractivity contribution >= 4 is 5.96 Å². The average molecular weight is 318 g/mol. The molecule has 0 amide bonds. The Hall–Kier alpha value is -1.59. The van der Waals surface area contributed by atoms with Crippen molar-refractivity contribution in [2.24, 2.45) is 10.9 Å². The number of nitrogens with zero attached hydrogens (tertiary/aromatic N) is 4. The first kappa shape index (κ1) is 16.3. The summed E-state index contributed by atoms with van der Waals surface area (Å²) in [5, 5.41) is 15.5. The van der Waals surface area contributed by atoms with Gasteiger partial charge >= 0.3 is 0 Å². The fourth-order valence-corrected chi connectivity index (χ4v) is 3.05. The fraction of sp³-hybridized carbons (Fsp3) is 0.824. The number of rotatable bonds is 7. The van der Waals surface area contributed by atoms with E-state index < -0.39 is 0 Å². The van der Waals surface area contributed by atoms with E-state index in [9.17, 15) is 0 Å². The van der Waals surface area contributed by atoms with E-state index in [1.807, 2.05) is 0 Å². The van der Waals surface area contributed by atoms with Crippen LogP contribution >= 0.6 is 0 Å². The summed E-state index contributed by atoms with van der Waals surface area (Å²) in [5.74, 6) is 4.13.